The molecule has 0 radical (unpaired) electrons. The van der Waals surface area contributed by atoms with Crippen molar-refractivity contribution in [1.29, 1.82) is 0 Å². The summed E-state index contributed by atoms with van der Waals surface area (Å²) in [7, 11) is 1.33. The molecule has 0 aromatic heterocycles. The molecule has 1 aromatic rings. The van der Waals surface area contributed by atoms with Crippen molar-refractivity contribution in [3.63, 3.8) is 0 Å². The van der Waals surface area contributed by atoms with Gasteiger partial charge >= 0.3 is 58.4 Å². The molecule has 112 valence electrons. The molecular formula is C13H17BF3KO3. The van der Waals surface area contributed by atoms with E-state index in [0.29, 0.717) is 6.61 Å². The summed E-state index contributed by atoms with van der Waals surface area (Å²) in [6.45, 7) is -4.35. The Labute approximate surface area is 165 Å². The Morgan fingerprint density at radius 2 is 2.05 bits per heavy atom. The molecule has 1 heterocycles. The molecule has 0 saturated carbocycles. The molecule has 0 N–H and O–H groups in total. The second kappa shape index (κ2) is 8.79. The zero-order chi connectivity index (χ0) is 14.6. The molecule has 0 bridgehead atoms. The first-order chi connectivity index (χ1) is 9.50. The van der Waals surface area contributed by atoms with Crippen LogP contribution in [0.15, 0.2) is 18.2 Å². The maximum Gasteiger partial charge on any atom is 1.00 e. The number of hydrogen-bond acceptors (Lipinski definition) is 3. The number of halogens is 3. The van der Waals surface area contributed by atoms with E-state index in [2.05, 4.69) is 0 Å². The molecule has 1 atom stereocenters. The third-order valence-electron chi connectivity index (χ3n) is 3.27. The van der Waals surface area contributed by atoms with Crippen molar-refractivity contribution in [3.8, 4) is 11.5 Å². The van der Waals surface area contributed by atoms with Crippen molar-refractivity contribution in [2.75, 3.05) is 20.3 Å². The van der Waals surface area contributed by atoms with Crippen LogP contribution in [0, 0.1) is 0 Å². The smallest absolute Gasteiger partial charge is 0.497 e. The summed E-state index contributed by atoms with van der Waals surface area (Å²) in [6, 6.07) is 3.73. The van der Waals surface area contributed by atoms with Crippen molar-refractivity contribution in [1.82, 2.24) is 0 Å². The van der Waals surface area contributed by atoms with E-state index in [1.807, 2.05) is 0 Å². The molecule has 0 spiro atoms. The fourth-order valence-electron chi connectivity index (χ4n) is 2.16. The van der Waals surface area contributed by atoms with E-state index in [1.165, 1.54) is 19.2 Å². The molecule has 0 aliphatic carbocycles. The van der Waals surface area contributed by atoms with Gasteiger partial charge in [0.25, 0.3) is 0 Å². The molecule has 1 aromatic carbocycles. The topological polar surface area (TPSA) is 27.7 Å². The Balaban J connectivity index is 0.00000220. The second-order valence-electron chi connectivity index (χ2n) is 4.78. The van der Waals surface area contributed by atoms with Crippen molar-refractivity contribution in [2.45, 2.75) is 25.4 Å². The van der Waals surface area contributed by atoms with E-state index in [4.69, 9.17) is 14.2 Å². The van der Waals surface area contributed by atoms with Gasteiger partial charge in [0.1, 0.15) is 12.4 Å². The van der Waals surface area contributed by atoms with Gasteiger partial charge in [-0.1, -0.05) is 5.46 Å². The van der Waals surface area contributed by atoms with Gasteiger partial charge in [-0.3, -0.25) is 0 Å². The molecule has 2 rings (SSSR count). The van der Waals surface area contributed by atoms with Crippen LogP contribution in [0.2, 0.25) is 0 Å². The quantitative estimate of drug-likeness (QED) is 0.695. The van der Waals surface area contributed by atoms with Gasteiger partial charge in [0, 0.05) is 6.61 Å². The molecular weight excluding hydrogens is 311 g/mol. The van der Waals surface area contributed by atoms with Crippen LogP contribution in [0.4, 0.5) is 12.9 Å². The molecule has 3 nitrogen and oxygen atoms in total. The first kappa shape index (κ1) is 19.3. The third-order valence-corrected chi connectivity index (χ3v) is 3.27. The fraction of sp³-hybridized carbons (Fsp3) is 0.538. The maximum atomic E-state index is 13.0. The van der Waals surface area contributed by atoms with Gasteiger partial charge in [-0.15, -0.1) is 0 Å². The largest absolute Gasteiger partial charge is 1.00 e. The van der Waals surface area contributed by atoms with Crippen LogP contribution < -0.4 is 66.3 Å². The van der Waals surface area contributed by atoms with Crippen LogP contribution in [-0.2, 0) is 4.74 Å². The van der Waals surface area contributed by atoms with Gasteiger partial charge in [0.2, 0.25) is 0 Å². The van der Waals surface area contributed by atoms with E-state index in [-0.39, 0.29) is 75.6 Å². The van der Waals surface area contributed by atoms with Crippen LogP contribution in [-0.4, -0.2) is 33.4 Å². The van der Waals surface area contributed by atoms with Crippen LogP contribution in [0.3, 0.4) is 0 Å². The van der Waals surface area contributed by atoms with Gasteiger partial charge in [-0.05, 0) is 37.5 Å². The normalized spacial score (nSPS) is 18.8. The predicted octanol–water partition coefficient (Wildman–Crippen LogP) is -0.298. The Hall–Kier alpha value is 0.271. The van der Waals surface area contributed by atoms with Crippen molar-refractivity contribution >= 4 is 12.4 Å². The van der Waals surface area contributed by atoms with Crippen LogP contribution in [0.25, 0.3) is 0 Å². The molecule has 1 aliphatic rings. The number of methoxy groups -OCH3 is 1. The zero-order valence-electron chi connectivity index (χ0n) is 12.3. The molecule has 1 fully saturated rings. The summed E-state index contributed by atoms with van der Waals surface area (Å²) in [5, 5.41) is 0. The number of ether oxygens (including phenoxy) is 3. The minimum absolute atomic E-state index is 0. The second-order valence-corrected chi connectivity index (χ2v) is 4.78. The minimum atomic E-state index is -5.14. The molecule has 1 aliphatic heterocycles. The molecule has 8 heteroatoms. The van der Waals surface area contributed by atoms with Crippen LogP contribution in [0.5, 0.6) is 11.5 Å². The van der Waals surface area contributed by atoms with E-state index in [9.17, 15) is 12.9 Å². The van der Waals surface area contributed by atoms with Crippen LogP contribution in [0.1, 0.15) is 19.3 Å². The van der Waals surface area contributed by atoms with E-state index >= 15 is 0 Å². The summed E-state index contributed by atoms with van der Waals surface area (Å²) >= 11 is 0. The Kier molecular flexibility index (Phi) is 8.08. The SMILES string of the molecule is COc1ccc(OCC2CCCCO2)c([B-](F)(F)F)c1.[K+]. The van der Waals surface area contributed by atoms with Crippen LogP contribution >= 0.6 is 0 Å². The summed E-state index contributed by atoms with van der Waals surface area (Å²) in [6.07, 6.45) is 2.71. The van der Waals surface area contributed by atoms with Gasteiger partial charge in [0.15, 0.2) is 0 Å². The van der Waals surface area contributed by atoms with E-state index < -0.39 is 12.4 Å². The monoisotopic (exact) mass is 328 g/mol. The molecule has 1 unspecified atom stereocenters. The standard InChI is InChI=1S/C13H17BF3O3.K/c1-18-10-5-6-13(12(8-10)14(15,16)17)20-9-11-4-2-3-7-19-11;/h5-6,8,11H,2-4,7,9H2,1H3;/q-1;+1. The predicted molar refractivity (Wildman–Crippen MR) is 70.8 cm³/mol. The van der Waals surface area contributed by atoms with Crippen molar-refractivity contribution < 1.29 is 78.5 Å². The van der Waals surface area contributed by atoms with Gasteiger partial charge < -0.3 is 27.2 Å². The summed E-state index contributed by atoms with van der Waals surface area (Å²) in [5.74, 6) is 0.00735. The number of rotatable bonds is 5. The van der Waals surface area contributed by atoms with Crippen molar-refractivity contribution in [2.24, 2.45) is 0 Å². The van der Waals surface area contributed by atoms with E-state index in [1.54, 1.807) is 0 Å². The average molecular weight is 328 g/mol. The van der Waals surface area contributed by atoms with E-state index in [0.717, 1.165) is 25.3 Å². The summed E-state index contributed by atoms with van der Waals surface area (Å²) in [5.41, 5.74) is -0.764. The van der Waals surface area contributed by atoms with Gasteiger partial charge in [-0.25, -0.2) is 0 Å². The third kappa shape index (κ3) is 5.76. The van der Waals surface area contributed by atoms with Crippen molar-refractivity contribution in [3.05, 3.63) is 18.2 Å². The minimum Gasteiger partial charge on any atom is -0.497 e. The Morgan fingerprint density at radius 1 is 1.29 bits per heavy atom. The maximum absolute atomic E-state index is 13.0. The summed E-state index contributed by atoms with van der Waals surface area (Å²) in [4.78, 5) is 0. The average Bonchev–Trinajstić information content (AvgIpc) is 2.45. The van der Waals surface area contributed by atoms with Gasteiger partial charge in [0.05, 0.1) is 19.0 Å². The first-order valence-corrected chi connectivity index (χ1v) is 6.63. The summed E-state index contributed by atoms with van der Waals surface area (Å²) < 4.78 is 54.7. The molecule has 0 amide bonds. The first-order valence-electron chi connectivity index (χ1n) is 6.63. The Bertz CT molecular complexity index is 451. The number of benzene rings is 1. The molecule has 1 saturated heterocycles. The zero-order valence-corrected chi connectivity index (χ0v) is 15.4. The molecule has 21 heavy (non-hydrogen) atoms. The number of hydrogen-bond donors (Lipinski definition) is 0. The Morgan fingerprint density at radius 3 is 2.62 bits per heavy atom. The van der Waals surface area contributed by atoms with Gasteiger partial charge in [-0.2, -0.15) is 0 Å². The fourth-order valence-corrected chi connectivity index (χ4v) is 2.16.